The van der Waals surface area contributed by atoms with E-state index in [1.807, 2.05) is 0 Å². The first-order valence-electron chi connectivity index (χ1n) is 14.5. The van der Waals surface area contributed by atoms with E-state index < -0.39 is 0 Å². The zero-order valence-electron chi connectivity index (χ0n) is 22.5. The highest BCUT2D eigenvalue weighted by molar-refractivity contribution is 5.83. The molecule has 194 valence electrons. The number of amides is 1. The third kappa shape index (κ3) is 4.51. The summed E-state index contributed by atoms with van der Waals surface area (Å²) in [6.45, 7) is 11.3. The van der Waals surface area contributed by atoms with Crippen LogP contribution in [0.3, 0.4) is 0 Å². The lowest BCUT2D eigenvalue weighted by Gasteiger charge is -2.41. The van der Waals surface area contributed by atoms with Crippen LogP contribution in [0.4, 0.5) is 5.82 Å². The van der Waals surface area contributed by atoms with Gasteiger partial charge in [-0.25, -0.2) is 9.97 Å². The molecule has 1 aromatic rings. The van der Waals surface area contributed by atoms with Crippen molar-refractivity contribution in [2.24, 2.45) is 11.8 Å². The highest BCUT2D eigenvalue weighted by Gasteiger charge is 2.42. The molecule has 3 aliphatic carbocycles. The molecule has 6 nitrogen and oxygen atoms in total. The van der Waals surface area contributed by atoms with Crippen LogP contribution in [0.15, 0.2) is 29.6 Å². The Morgan fingerprint density at radius 1 is 0.944 bits per heavy atom. The monoisotopic (exact) mass is 489 g/mol. The quantitative estimate of drug-likeness (QED) is 0.579. The Labute approximate surface area is 216 Å². The van der Waals surface area contributed by atoms with Gasteiger partial charge in [-0.2, -0.15) is 0 Å². The van der Waals surface area contributed by atoms with Gasteiger partial charge in [0.05, 0.1) is 5.92 Å². The molecule has 0 bridgehead atoms. The second-order valence-electron chi connectivity index (χ2n) is 12.1. The van der Waals surface area contributed by atoms with Gasteiger partial charge >= 0.3 is 0 Å². The van der Waals surface area contributed by atoms with Gasteiger partial charge in [0.15, 0.2) is 0 Å². The number of piperazine rings is 1. The van der Waals surface area contributed by atoms with Crippen LogP contribution in [0.25, 0.3) is 0 Å². The largest absolute Gasteiger partial charge is 0.353 e. The van der Waals surface area contributed by atoms with E-state index in [0.717, 1.165) is 70.1 Å². The lowest BCUT2D eigenvalue weighted by molar-refractivity contribution is -0.136. The van der Waals surface area contributed by atoms with Crippen molar-refractivity contribution in [1.29, 1.82) is 0 Å². The molecule has 6 rings (SSSR count). The SMILES string of the molecule is CC(C)N1CCC[C@H]1[C@@H](C(=O)N1CCN(c2ncnc3c2[C@H](C)CC3)CC1)C1=CC=C(C2CC2)CC1. The highest BCUT2D eigenvalue weighted by Crippen LogP contribution is 2.43. The predicted octanol–water partition coefficient (Wildman–Crippen LogP) is 4.72. The van der Waals surface area contributed by atoms with Gasteiger partial charge in [-0.3, -0.25) is 9.69 Å². The minimum absolute atomic E-state index is 0.00164. The van der Waals surface area contributed by atoms with Crippen LogP contribution in [-0.2, 0) is 11.2 Å². The van der Waals surface area contributed by atoms with Gasteiger partial charge in [0, 0.05) is 49.5 Å². The number of carbonyl (C=O) groups is 1. The normalized spacial score (nSPS) is 27.8. The average Bonchev–Trinajstić information content (AvgIpc) is 3.52. The minimum Gasteiger partial charge on any atom is -0.353 e. The van der Waals surface area contributed by atoms with E-state index in [0.29, 0.717) is 23.9 Å². The van der Waals surface area contributed by atoms with Gasteiger partial charge in [0.1, 0.15) is 12.1 Å². The molecule has 5 aliphatic rings. The smallest absolute Gasteiger partial charge is 0.231 e. The number of hydrogen-bond donors (Lipinski definition) is 0. The summed E-state index contributed by atoms with van der Waals surface area (Å²) >= 11 is 0. The van der Waals surface area contributed by atoms with E-state index in [-0.39, 0.29) is 5.92 Å². The number of aryl methyl sites for hydroxylation is 1. The van der Waals surface area contributed by atoms with Crippen molar-refractivity contribution in [3.05, 3.63) is 40.9 Å². The molecular weight excluding hydrogens is 446 g/mol. The van der Waals surface area contributed by atoms with E-state index in [1.54, 1.807) is 11.9 Å². The van der Waals surface area contributed by atoms with Crippen LogP contribution in [0.5, 0.6) is 0 Å². The molecule has 2 saturated heterocycles. The number of nitrogens with zero attached hydrogens (tertiary/aromatic N) is 5. The molecule has 0 unspecified atom stereocenters. The molecule has 3 heterocycles. The van der Waals surface area contributed by atoms with Crippen molar-refractivity contribution in [1.82, 2.24) is 19.8 Å². The summed E-state index contributed by atoms with van der Waals surface area (Å²) in [5.74, 6) is 2.83. The summed E-state index contributed by atoms with van der Waals surface area (Å²) in [4.78, 5) is 30.7. The van der Waals surface area contributed by atoms with Crippen LogP contribution in [0.2, 0.25) is 0 Å². The van der Waals surface area contributed by atoms with Gasteiger partial charge in [-0.1, -0.05) is 30.2 Å². The molecule has 1 aromatic heterocycles. The highest BCUT2D eigenvalue weighted by atomic mass is 16.2. The van der Waals surface area contributed by atoms with E-state index in [1.165, 1.54) is 42.5 Å². The van der Waals surface area contributed by atoms with Crippen LogP contribution < -0.4 is 4.90 Å². The van der Waals surface area contributed by atoms with Crippen molar-refractivity contribution in [2.45, 2.75) is 90.1 Å². The molecule has 3 atom stereocenters. The van der Waals surface area contributed by atoms with Crippen molar-refractivity contribution >= 4 is 11.7 Å². The zero-order chi connectivity index (χ0) is 24.8. The maximum Gasteiger partial charge on any atom is 0.231 e. The van der Waals surface area contributed by atoms with Gasteiger partial charge in [-0.15, -0.1) is 0 Å². The van der Waals surface area contributed by atoms with E-state index in [2.05, 4.69) is 52.6 Å². The molecule has 6 heteroatoms. The van der Waals surface area contributed by atoms with Crippen LogP contribution in [0, 0.1) is 11.8 Å². The minimum atomic E-state index is 0.00164. The molecule has 0 spiro atoms. The third-order valence-corrected chi connectivity index (χ3v) is 9.51. The summed E-state index contributed by atoms with van der Waals surface area (Å²) in [5, 5.41) is 0. The third-order valence-electron chi connectivity index (χ3n) is 9.51. The molecule has 1 amide bonds. The van der Waals surface area contributed by atoms with Crippen molar-refractivity contribution in [3.63, 3.8) is 0 Å². The number of hydrogen-bond acceptors (Lipinski definition) is 5. The summed E-state index contributed by atoms with van der Waals surface area (Å²) in [6.07, 6.45) is 16.0. The number of anilines is 1. The number of aromatic nitrogens is 2. The van der Waals surface area contributed by atoms with E-state index in [9.17, 15) is 4.79 Å². The van der Waals surface area contributed by atoms with E-state index in [4.69, 9.17) is 4.98 Å². The maximum absolute atomic E-state index is 14.3. The Balaban J connectivity index is 1.20. The second kappa shape index (κ2) is 9.92. The summed E-state index contributed by atoms with van der Waals surface area (Å²) < 4.78 is 0. The summed E-state index contributed by atoms with van der Waals surface area (Å²) in [6, 6.07) is 0.817. The van der Waals surface area contributed by atoms with Gasteiger partial charge in [-0.05, 0) is 83.6 Å². The standard InChI is InChI=1S/C30H43N5O/c1-20(2)35-14-4-5-26(35)28(24-11-9-23(10-12-24)22-7-8-22)30(36)34-17-15-33(16-18-34)29-27-21(3)6-13-25(27)31-19-32-29/h9,11,19-22,26,28H,4-8,10,12-18H2,1-3H3/t21-,26+,28+/m1/s1. The fourth-order valence-corrected chi connectivity index (χ4v) is 7.32. The molecule has 2 aliphatic heterocycles. The van der Waals surface area contributed by atoms with Crippen LogP contribution in [-0.4, -0.2) is 70.5 Å². The lowest BCUT2D eigenvalue weighted by Crippen LogP contribution is -2.54. The first kappa shape index (κ1) is 24.1. The van der Waals surface area contributed by atoms with Gasteiger partial charge in [0.2, 0.25) is 5.91 Å². The Morgan fingerprint density at radius 3 is 2.44 bits per heavy atom. The van der Waals surface area contributed by atoms with E-state index >= 15 is 0 Å². The molecule has 1 saturated carbocycles. The number of allylic oxidation sites excluding steroid dienone is 3. The summed E-state index contributed by atoms with van der Waals surface area (Å²) in [7, 11) is 0. The first-order valence-corrected chi connectivity index (χ1v) is 14.5. The fraction of sp³-hybridized carbons (Fsp3) is 0.700. The Morgan fingerprint density at radius 2 is 1.75 bits per heavy atom. The Kier molecular flexibility index (Phi) is 6.65. The number of carbonyl (C=O) groups excluding carboxylic acids is 1. The van der Waals surface area contributed by atoms with Crippen molar-refractivity contribution in [3.8, 4) is 0 Å². The number of likely N-dealkylation sites (tertiary alicyclic amines) is 1. The lowest BCUT2D eigenvalue weighted by atomic mass is 9.81. The average molecular weight is 490 g/mol. The molecule has 0 aromatic carbocycles. The molecule has 3 fully saturated rings. The Bertz CT molecular complexity index is 1050. The first-order chi connectivity index (χ1) is 17.5. The van der Waals surface area contributed by atoms with Gasteiger partial charge < -0.3 is 9.80 Å². The zero-order valence-corrected chi connectivity index (χ0v) is 22.5. The molecule has 36 heavy (non-hydrogen) atoms. The van der Waals surface area contributed by atoms with Crippen LogP contribution >= 0.6 is 0 Å². The number of fused-ring (bicyclic) bond motifs is 1. The Hall–Kier alpha value is -2.21. The summed E-state index contributed by atoms with van der Waals surface area (Å²) in [5.41, 5.74) is 5.58. The molecule has 0 radical (unpaired) electrons. The van der Waals surface area contributed by atoms with Crippen molar-refractivity contribution < 1.29 is 4.79 Å². The predicted molar refractivity (Wildman–Crippen MR) is 144 cm³/mol. The van der Waals surface area contributed by atoms with Crippen molar-refractivity contribution in [2.75, 3.05) is 37.6 Å². The van der Waals surface area contributed by atoms with Crippen LogP contribution in [0.1, 0.15) is 82.9 Å². The second-order valence-corrected chi connectivity index (χ2v) is 12.1. The molecule has 0 N–H and O–H groups in total. The fourth-order valence-electron chi connectivity index (χ4n) is 7.32. The van der Waals surface area contributed by atoms with Gasteiger partial charge in [0.25, 0.3) is 0 Å². The maximum atomic E-state index is 14.3. The topological polar surface area (TPSA) is 52.6 Å². The number of rotatable bonds is 6. The molecular formula is C30H43N5O.